The third-order valence-electron chi connectivity index (χ3n) is 2.91. The molecule has 86 valence electrons. The fourth-order valence-corrected chi connectivity index (χ4v) is 2.45. The predicted molar refractivity (Wildman–Crippen MR) is 66.1 cm³/mol. The molecule has 0 heterocycles. The number of aliphatic hydroxyl groups is 1. The quantitative estimate of drug-likeness (QED) is 0.876. The molecule has 1 amide bonds. The van der Waals surface area contributed by atoms with Gasteiger partial charge in [-0.2, -0.15) is 0 Å². The summed E-state index contributed by atoms with van der Waals surface area (Å²) in [5.74, 6) is -0.331. The van der Waals surface area contributed by atoms with Crippen molar-refractivity contribution in [2.75, 3.05) is 5.32 Å². The Balaban J connectivity index is 2.02. The van der Waals surface area contributed by atoms with Crippen molar-refractivity contribution in [3.63, 3.8) is 0 Å². The molecule has 3 nitrogen and oxygen atoms in total. The number of aliphatic hydroxyl groups excluding tert-OH is 1. The zero-order valence-corrected chi connectivity index (χ0v) is 10.4. The summed E-state index contributed by atoms with van der Waals surface area (Å²) in [5, 5.41) is 12.4. The molecule has 1 aromatic carbocycles. The maximum absolute atomic E-state index is 11.9. The van der Waals surface area contributed by atoms with E-state index in [1.54, 1.807) is 0 Å². The van der Waals surface area contributed by atoms with Crippen molar-refractivity contribution in [3.8, 4) is 0 Å². The van der Waals surface area contributed by atoms with Crippen LogP contribution in [0, 0.1) is 5.92 Å². The number of benzene rings is 1. The topological polar surface area (TPSA) is 49.3 Å². The summed E-state index contributed by atoms with van der Waals surface area (Å²) in [4.78, 5) is 11.9. The second kappa shape index (κ2) is 4.97. The second-order valence-corrected chi connectivity index (χ2v) is 5.02. The molecular weight excluding hydrogens is 270 g/mol. The lowest BCUT2D eigenvalue weighted by atomic mass is 10.1. The van der Waals surface area contributed by atoms with Crippen molar-refractivity contribution in [3.05, 3.63) is 28.7 Å². The summed E-state index contributed by atoms with van der Waals surface area (Å²) in [6, 6.07) is 7.45. The monoisotopic (exact) mass is 283 g/mol. The van der Waals surface area contributed by atoms with Gasteiger partial charge in [0, 0.05) is 10.2 Å². The van der Waals surface area contributed by atoms with E-state index in [9.17, 15) is 9.90 Å². The van der Waals surface area contributed by atoms with Crippen molar-refractivity contribution in [2.24, 2.45) is 5.92 Å². The standard InChI is InChI=1S/C12H14BrNO2/c13-8-3-1-4-9(7-8)14-12(16)10-5-2-6-11(10)15/h1,3-4,7,10-11,15H,2,5-6H2,(H,14,16). The van der Waals surface area contributed by atoms with Gasteiger partial charge in [-0.15, -0.1) is 0 Å². The first-order valence-electron chi connectivity index (χ1n) is 5.41. The normalized spacial score (nSPS) is 24.4. The maximum atomic E-state index is 11.9. The third kappa shape index (κ3) is 2.62. The molecule has 1 aliphatic rings. The van der Waals surface area contributed by atoms with Crippen LogP contribution in [-0.2, 0) is 4.79 Å². The van der Waals surface area contributed by atoms with Gasteiger partial charge < -0.3 is 10.4 Å². The first-order valence-corrected chi connectivity index (χ1v) is 6.20. The third-order valence-corrected chi connectivity index (χ3v) is 3.40. The number of carbonyl (C=O) groups excluding carboxylic acids is 1. The van der Waals surface area contributed by atoms with Gasteiger partial charge in [0.05, 0.1) is 12.0 Å². The average molecular weight is 284 g/mol. The van der Waals surface area contributed by atoms with Crippen molar-refractivity contribution in [1.29, 1.82) is 0 Å². The molecule has 4 heteroatoms. The first kappa shape index (κ1) is 11.6. The molecule has 2 N–H and O–H groups in total. The highest BCUT2D eigenvalue weighted by atomic mass is 79.9. The molecular formula is C12H14BrNO2. The van der Waals surface area contributed by atoms with Gasteiger partial charge in [-0.25, -0.2) is 0 Å². The number of rotatable bonds is 2. The second-order valence-electron chi connectivity index (χ2n) is 4.10. The van der Waals surface area contributed by atoms with Crippen molar-refractivity contribution >= 4 is 27.5 Å². The predicted octanol–water partition coefficient (Wildman–Crippen LogP) is 2.55. The first-order chi connectivity index (χ1) is 7.66. The Labute approximate surface area is 103 Å². The zero-order chi connectivity index (χ0) is 11.5. The number of amides is 1. The fourth-order valence-electron chi connectivity index (χ4n) is 2.05. The van der Waals surface area contributed by atoms with E-state index in [1.807, 2.05) is 24.3 Å². The van der Waals surface area contributed by atoms with Gasteiger partial charge in [0.25, 0.3) is 0 Å². The summed E-state index contributed by atoms with van der Waals surface area (Å²) in [7, 11) is 0. The Bertz CT molecular complexity index is 394. The summed E-state index contributed by atoms with van der Waals surface area (Å²) in [5.41, 5.74) is 0.762. The van der Waals surface area contributed by atoms with Gasteiger partial charge in [-0.1, -0.05) is 22.0 Å². The van der Waals surface area contributed by atoms with Crippen LogP contribution in [0.2, 0.25) is 0 Å². The van der Waals surface area contributed by atoms with E-state index in [0.717, 1.165) is 29.4 Å². The number of halogens is 1. The van der Waals surface area contributed by atoms with E-state index in [4.69, 9.17) is 0 Å². The summed E-state index contributed by atoms with van der Waals surface area (Å²) < 4.78 is 0.928. The summed E-state index contributed by atoms with van der Waals surface area (Å²) >= 11 is 3.35. The number of carbonyl (C=O) groups is 1. The molecule has 0 aliphatic heterocycles. The van der Waals surface area contributed by atoms with Crippen LogP contribution in [0.4, 0.5) is 5.69 Å². The highest BCUT2D eigenvalue weighted by Gasteiger charge is 2.31. The zero-order valence-electron chi connectivity index (χ0n) is 8.82. The Morgan fingerprint density at radius 3 is 2.88 bits per heavy atom. The Hall–Kier alpha value is -0.870. The average Bonchev–Trinajstić information content (AvgIpc) is 2.64. The van der Waals surface area contributed by atoms with Crippen LogP contribution in [-0.4, -0.2) is 17.1 Å². The molecule has 0 bridgehead atoms. The Kier molecular flexibility index (Phi) is 3.61. The van der Waals surface area contributed by atoms with Gasteiger partial charge in [-0.3, -0.25) is 4.79 Å². The number of hydrogen-bond donors (Lipinski definition) is 2. The number of hydrogen-bond acceptors (Lipinski definition) is 2. The molecule has 0 radical (unpaired) electrons. The van der Waals surface area contributed by atoms with Gasteiger partial charge in [0.15, 0.2) is 0 Å². The molecule has 0 aromatic heterocycles. The molecule has 1 aromatic rings. The highest BCUT2D eigenvalue weighted by Crippen LogP contribution is 2.27. The highest BCUT2D eigenvalue weighted by molar-refractivity contribution is 9.10. The number of nitrogens with one attached hydrogen (secondary N) is 1. The smallest absolute Gasteiger partial charge is 0.230 e. The SMILES string of the molecule is O=C(Nc1cccc(Br)c1)C1CCCC1O. The minimum Gasteiger partial charge on any atom is -0.392 e. The lowest BCUT2D eigenvalue weighted by Crippen LogP contribution is -2.28. The van der Waals surface area contributed by atoms with Gasteiger partial charge >= 0.3 is 0 Å². The van der Waals surface area contributed by atoms with E-state index in [1.165, 1.54) is 0 Å². The van der Waals surface area contributed by atoms with Crippen LogP contribution in [0.3, 0.4) is 0 Å². The molecule has 0 spiro atoms. The van der Waals surface area contributed by atoms with E-state index in [0.29, 0.717) is 0 Å². The Morgan fingerprint density at radius 2 is 2.25 bits per heavy atom. The molecule has 0 saturated heterocycles. The fraction of sp³-hybridized carbons (Fsp3) is 0.417. The molecule has 1 aliphatic carbocycles. The summed E-state index contributed by atoms with van der Waals surface area (Å²) in [6.07, 6.45) is 1.96. The van der Waals surface area contributed by atoms with Gasteiger partial charge in [0.2, 0.25) is 5.91 Å². The minimum atomic E-state index is -0.479. The lowest BCUT2D eigenvalue weighted by Gasteiger charge is -2.14. The van der Waals surface area contributed by atoms with Crippen molar-refractivity contribution in [1.82, 2.24) is 0 Å². The molecule has 2 atom stereocenters. The van der Waals surface area contributed by atoms with Crippen LogP contribution in [0.15, 0.2) is 28.7 Å². The van der Waals surface area contributed by atoms with Gasteiger partial charge in [0.1, 0.15) is 0 Å². The molecule has 1 saturated carbocycles. The van der Waals surface area contributed by atoms with Crippen LogP contribution in [0.1, 0.15) is 19.3 Å². The number of anilines is 1. The largest absolute Gasteiger partial charge is 0.392 e. The molecule has 2 unspecified atom stereocenters. The van der Waals surface area contributed by atoms with Crippen molar-refractivity contribution in [2.45, 2.75) is 25.4 Å². The molecule has 2 rings (SSSR count). The van der Waals surface area contributed by atoms with Crippen molar-refractivity contribution < 1.29 is 9.90 Å². The van der Waals surface area contributed by atoms with E-state index >= 15 is 0 Å². The van der Waals surface area contributed by atoms with E-state index in [-0.39, 0.29) is 11.8 Å². The van der Waals surface area contributed by atoms with Crippen LogP contribution in [0.25, 0.3) is 0 Å². The van der Waals surface area contributed by atoms with Gasteiger partial charge in [-0.05, 0) is 37.5 Å². The van der Waals surface area contributed by atoms with E-state index < -0.39 is 6.10 Å². The summed E-state index contributed by atoms with van der Waals surface area (Å²) in [6.45, 7) is 0. The Morgan fingerprint density at radius 1 is 1.44 bits per heavy atom. The van der Waals surface area contributed by atoms with Crippen LogP contribution < -0.4 is 5.32 Å². The molecule has 16 heavy (non-hydrogen) atoms. The lowest BCUT2D eigenvalue weighted by molar-refractivity contribution is -0.122. The van der Waals surface area contributed by atoms with E-state index in [2.05, 4.69) is 21.2 Å². The van der Waals surface area contributed by atoms with Crippen LogP contribution >= 0.6 is 15.9 Å². The maximum Gasteiger partial charge on any atom is 0.230 e. The molecule has 1 fully saturated rings. The minimum absolute atomic E-state index is 0.0805. The van der Waals surface area contributed by atoms with Crippen LogP contribution in [0.5, 0.6) is 0 Å².